The first-order valence-corrected chi connectivity index (χ1v) is 9.66. The summed E-state index contributed by atoms with van der Waals surface area (Å²) in [5.41, 5.74) is 1.20. The Kier molecular flexibility index (Phi) is 32.9. The van der Waals surface area contributed by atoms with Crippen LogP contribution >= 0.6 is 0 Å². The summed E-state index contributed by atoms with van der Waals surface area (Å²) in [6.45, 7) is 29.5. The molecule has 164 valence electrons. The van der Waals surface area contributed by atoms with Gasteiger partial charge >= 0.3 is 194 Å². The fourth-order valence-corrected chi connectivity index (χ4v) is 3.47. The average molecular weight is 462 g/mol. The summed E-state index contributed by atoms with van der Waals surface area (Å²) in [6.07, 6.45) is 8.30. The van der Waals surface area contributed by atoms with Gasteiger partial charge in [0.05, 0.1) is 0 Å². The molecule has 0 N–H and O–H groups in total. The standard InChI is InChI=1S/C19H26O.5CO.Cr/c1-15(2)18-12-11-16(3)14-19(18)20-13-7-10-17-8-5-4-6-9-17;5*1-2;/h4-10,15-16,18-19H,11-12,14H2,1-3H3;;;;;;/b10-7+;;;;;;/t16-,18+,19-;;;;;;/m0....../s1. The van der Waals surface area contributed by atoms with Crippen LogP contribution < -0.4 is 0 Å². The third-order valence-corrected chi connectivity index (χ3v) is 4.80. The summed E-state index contributed by atoms with van der Waals surface area (Å²) in [7, 11) is 0. The first kappa shape index (κ1) is 36.4. The van der Waals surface area contributed by atoms with Crippen LogP contribution in [0.3, 0.4) is 0 Å². The quantitative estimate of drug-likeness (QED) is 0.460. The van der Waals surface area contributed by atoms with Crippen molar-refractivity contribution in [2.75, 3.05) is 0 Å². The molecule has 1 aromatic rings. The summed E-state index contributed by atoms with van der Waals surface area (Å²) >= 11 is 3.08. The first-order valence-electron chi connectivity index (χ1n) is 9.02. The van der Waals surface area contributed by atoms with E-state index in [2.05, 4.69) is 100 Å². The average Bonchev–Trinajstić information content (AvgIpc) is 2.85. The van der Waals surface area contributed by atoms with Crippen LogP contribution in [0.15, 0.2) is 36.4 Å². The minimum atomic E-state index is 0.352. The second kappa shape index (κ2) is 28.0. The molecule has 0 bridgehead atoms. The van der Waals surface area contributed by atoms with Crippen LogP contribution in [0.4, 0.5) is 0 Å². The van der Waals surface area contributed by atoms with E-state index in [-0.39, 0.29) is 0 Å². The van der Waals surface area contributed by atoms with Gasteiger partial charge in [0.2, 0.25) is 0 Å². The molecular weight excluding hydrogens is 436 g/mol. The van der Waals surface area contributed by atoms with Crippen LogP contribution in [0.25, 0.3) is 6.08 Å². The third kappa shape index (κ3) is 18.5. The molecule has 1 aromatic carbocycles. The van der Waals surface area contributed by atoms with Gasteiger partial charge in [-0.3, -0.25) is 0 Å². The van der Waals surface area contributed by atoms with Gasteiger partial charge in [-0.05, 0) is 0 Å². The van der Waals surface area contributed by atoms with Crippen molar-refractivity contribution in [3.63, 3.8) is 0 Å². The second-order valence-electron chi connectivity index (χ2n) is 6.55. The monoisotopic (exact) mass is 462 g/mol. The van der Waals surface area contributed by atoms with Crippen molar-refractivity contribution in [1.82, 2.24) is 0 Å². The van der Waals surface area contributed by atoms with E-state index in [1.165, 1.54) is 24.8 Å². The molecule has 1 aliphatic rings. The molecule has 3 atom stereocenters. The van der Waals surface area contributed by atoms with Gasteiger partial charge < -0.3 is 0 Å². The molecule has 31 heavy (non-hydrogen) atoms. The van der Waals surface area contributed by atoms with Crippen molar-refractivity contribution in [2.45, 2.75) is 46.1 Å². The fraction of sp³-hybridized carbons (Fsp3) is 0.417. The van der Waals surface area contributed by atoms with E-state index in [4.69, 9.17) is 28.0 Å². The molecule has 0 heterocycles. The summed E-state index contributed by atoms with van der Waals surface area (Å²) in [5, 5.41) is 0. The van der Waals surface area contributed by atoms with E-state index >= 15 is 0 Å². The van der Waals surface area contributed by atoms with Crippen molar-refractivity contribution < 1.29 is 43.8 Å². The Balaban J connectivity index is -0.000000320. The minimum absolute atomic E-state index is 0.352. The molecule has 0 amide bonds. The van der Waals surface area contributed by atoms with Crippen molar-refractivity contribution >= 4 is 10.6 Å². The zero-order valence-electron chi connectivity index (χ0n) is 17.8. The number of ether oxygens (including phenoxy) is 1. The van der Waals surface area contributed by atoms with Gasteiger partial charge in [0.15, 0.2) is 0 Å². The van der Waals surface area contributed by atoms with Gasteiger partial charge in [0.25, 0.3) is 0 Å². The molecule has 2 rings (SSSR count). The van der Waals surface area contributed by atoms with E-state index in [0.717, 1.165) is 10.5 Å². The van der Waals surface area contributed by atoms with Crippen LogP contribution in [-0.2, 0) is 43.8 Å². The van der Waals surface area contributed by atoms with Gasteiger partial charge in [-0.1, -0.05) is 0 Å². The molecule has 1 fully saturated rings. The van der Waals surface area contributed by atoms with E-state index in [9.17, 15) is 0 Å². The molecule has 0 saturated heterocycles. The summed E-state index contributed by atoms with van der Waals surface area (Å²) in [4.78, 5) is 0. The summed E-state index contributed by atoms with van der Waals surface area (Å²) in [5.74, 6) is 2.14. The normalized spacial score (nSPS) is 18.2. The Morgan fingerprint density at radius 3 is 1.87 bits per heavy atom. The fourth-order valence-electron chi connectivity index (χ4n) is 3.17. The molecule has 0 aliphatic heterocycles. The summed E-state index contributed by atoms with van der Waals surface area (Å²) < 4.78 is 44.6. The molecule has 0 unspecified atom stereocenters. The van der Waals surface area contributed by atoms with Crippen LogP contribution in [0.5, 0.6) is 0 Å². The molecule has 0 radical (unpaired) electrons. The molecule has 1 aliphatic carbocycles. The Morgan fingerprint density at radius 1 is 0.935 bits per heavy atom. The van der Waals surface area contributed by atoms with Crippen LogP contribution in [-0.4, -0.2) is 10.7 Å². The van der Waals surface area contributed by atoms with E-state index in [0.29, 0.717) is 17.9 Å². The Bertz CT molecular complexity index is 651. The maximum atomic E-state index is 7.50. The number of hydrogen-bond donors (Lipinski definition) is 0. The predicted octanol–water partition coefficient (Wildman–Crippen LogP) is 4.67. The van der Waals surface area contributed by atoms with Gasteiger partial charge in [-0.15, -0.1) is 0 Å². The van der Waals surface area contributed by atoms with Crippen molar-refractivity contribution in [2.24, 2.45) is 17.8 Å². The Labute approximate surface area is 193 Å². The molecule has 0 aromatic heterocycles. The van der Waals surface area contributed by atoms with Crippen molar-refractivity contribution in [3.8, 4) is 0 Å². The topological polar surface area (TPSA) is 109 Å². The predicted molar refractivity (Wildman–Crippen MR) is 106 cm³/mol. The maximum absolute atomic E-state index is 7.50. The third-order valence-electron chi connectivity index (χ3n) is 4.44. The second-order valence-corrected chi connectivity index (χ2v) is 7.17. The van der Waals surface area contributed by atoms with Gasteiger partial charge in [-0.25, -0.2) is 0 Å². The van der Waals surface area contributed by atoms with Crippen LogP contribution in [0.2, 0.25) is 0 Å². The first-order chi connectivity index (χ1) is 15.1. The number of rotatable bonds is 5. The summed E-state index contributed by atoms with van der Waals surface area (Å²) in [6, 6.07) is 10.3. The molecule has 7 heteroatoms. The zero-order valence-corrected chi connectivity index (χ0v) is 19.1. The van der Waals surface area contributed by atoms with Gasteiger partial charge in [0, 0.05) is 0 Å². The molecule has 0 spiro atoms. The van der Waals surface area contributed by atoms with E-state index < -0.39 is 0 Å². The molecule has 6 nitrogen and oxygen atoms in total. The molecule has 1 saturated carbocycles. The Hall–Kier alpha value is -1.98. The van der Waals surface area contributed by atoms with Crippen LogP contribution in [0.1, 0.15) is 45.6 Å². The van der Waals surface area contributed by atoms with E-state index in [1.807, 2.05) is 12.1 Å². The van der Waals surface area contributed by atoms with E-state index in [1.54, 1.807) is 0 Å². The van der Waals surface area contributed by atoms with Gasteiger partial charge in [0.1, 0.15) is 0 Å². The molecular formula is C24H26CrO6. The van der Waals surface area contributed by atoms with Crippen LogP contribution in [0, 0.1) is 51.0 Å². The zero-order chi connectivity index (χ0) is 25.2. The van der Waals surface area contributed by atoms with Crippen molar-refractivity contribution in [3.05, 3.63) is 75.2 Å². The number of hydrogen-bond acceptors (Lipinski definition) is 1. The van der Waals surface area contributed by atoms with Gasteiger partial charge in [-0.2, -0.15) is 0 Å². The number of benzene rings is 1. The SMILES string of the molecule is CC(C)[C@H]1CC[C@H](C)C[C@@H]1O[C](=[Cr])/C=C/c1ccccc1.[C-]#[O+].[C-]#[O+].[C-]#[O+].[C-]#[O+].[C-]#[O+]. The van der Waals surface area contributed by atoms with Crippen molar-refractivity contribution in [1.29, 1.82) is 0 Å². The Morgan fingerprint density at radius 2 is 1.42 bits per heavy atom.